The van der Waals surface area contributed by atoms with Crippen LogP contribution in [0.4, 0.5) is 0 Å². The van der Waals surface area contributed by atoms with E-state index in [0.29, 0.717) is 5.92 Å². The lowest BCUT2D eigenvalue weighted by molar-refractivity contribution is 0.161. The standard InChI is InChI=1S/C12H25NO/c1-10(8-11(2)14)9-13-12-6-4-3-5-7-12/h10-14H,3-9H2,1-2H3. The summed E-state index contributed by atoms with van der Waals surface area (Å²) < 4.78 is 0. The summed E-state index contributed by atoms with van der Waals surface area (Å²) in [5.74, 6) is 0.594. The highest BCUT2D eigenvalue weighted by Gasteiger charge is 2.14. The van der Waals surface area contributed by atoms with Crippen LogP contribution < -0.4 is 5.32 Å². The van der Waals surface area contributed by atoms with Crippen LogP contribution in [0.5, 0.6) is 0 Å². The molecule has 2 unspecified atom stereocenters. The average molecular weight is 199 g/mol. The summed E-state index contributed by atoms with van der Waals surface area (Å²) in [5, 5.41) is 12.8. The van der Waals surface area contributed by atoms with E-state index in [1.807, 2.05) is 6.92 Å². The van der Waals surface area contributed by atoms with Crippen molar-refractivity contribution in [3.8, 4) is 0 Å². The van der Waals surface area contributed by atoms with Crippen molar-refractivity contribution in [1.82, 2.24) is 5.32 Å². The Hall–Kier alpha value is -0.0800. The molecule has 0 bridgehead atoms. The quantitative estimate of drug-likeness (QED) is 0.712. The van der Waals surface area contributed by atoms with E-state index in [4.69, 9.17) is 0 Å². The highest BCUT2D eigenvalue weighted by molar-refractivity contribution is 4.73. The summed E-state index contributed by atoms with van der Waals surface area (Å²) in [5.41, 5.74) is 0. The molecular formula is C12H25NO. The van der Waals surface area contributed by atoms with Crippen molar-refractivity contribution in [1.29, 1.82) is 0 Å². The van der Waals surface area contributed by atoms with Gasteiger partial charge >= 0.3 is 0 Å². The maximum atomic E-state index is 9.23. The molecule has 0 aromatic carbocycles. The van der Waals surface area contributed by atoms with Gasteiger partial charge in [0, 0.05) is 6.04 Å². The third kappa shape index (κ3) is 4.97. The molecule has 1 saturated carbocycles. The highest BCUT2D eigenvalue weighted by atomic mass is 16.3. The van der Waals surface area contributed by atoms with Gasteiger partial charge in [0.2, 0.25) is 0 Å². The normalized spacial score (nSPS) is 23.4. The second-order valence-corrected chi connectivity index (χ2v) is 4.93. The highest BCUT2D eigenvalue weighted by Crippen LogP contribution is 2.17. The van der Waals surface area contributed by atoms with Gasteiger partial charge in [-0.3, -0.25) is 0 Å². The van der Waals surface area contributed by atoms with Gasteiger partial charge in [0.1, 0.15) is 0 Å². The van der Waals surface area contributed by atoms with Crippen molar-refractivity contribution < 1.29 is 5.11 Å². The molecule has 1 fully saturated rings. The molecule has 0 saturated heterocycles. The number of hydrogen-bond donors (Lipinski definition) is 2. The lowest BCUT2D eigenvalue weighted by atomic mass is 9.94. The number of nitrogens with one attached hydrogen (secondary N) is 1. The number of aliphatic hydroxyl groups excluding tert-OH is 1. The van der Waals surface area contributed by atoms with E-state index < -0.39 is 0 Å². The molecule has 0 spiro atoms. The van der Waals surface area contributed by atoms with Gasteiger partial charge in [0.25, 0.3) is 0 Å². The Kier molecular flexibility index (Phi) is 5.49. The van der Waals surface area contributed by atoms with Gasteiger partial charge in [-0.2, -0.15) is 0 Å². The van der Waals surface area contributed by atoms with Crippen LogP contribution in [-0.2, 0) is 0 Å². The molecule has 2 nitrogen and oxygen atoms in total. The summed E-state index contributed by atoms with van der Waals surface area (Å²) in [4.78, 5) is 0. The largest absolute Gasteiger partial charge is 0.393 e. The molecule has 0 aliphatic heterocycles. The van der Waals surface area contributed by atoms with E-state index in [0.717, 1.165) is 19.0 Å². The second-order valence-electron chi connectivity index (χ2n) is 4.93. The van der Waals surface area contributed by atoms with Crippen molar-refractivity contribution in [3.05, 3.63) is 0 Å². The molecule has 0 heterocycles. The molecule has 2 N–H and O–H groups in total. The zero-order valence-corrected chi connectivity index (χ0v) is 9.63. The summed E-state index contributed by atoms with van der Waals surface area (Å²) in [7, 11) is 0. The Morgan fingerprint density at radius 2 is 1.86 bits per heavy atom. The predicted octanol–water partition coefficient (Wildman–Crippen LogP) is 2.32. The first-order chi connectivity index (χ1) is 6.68. The van der Waals surface area contributed by atoms with Crippen LogP contribution in [0.1, 0.15) is 52.4 Å². The molecule has 84 valence electrons. The molecule has 2 heteroatoms. The molecule has 0 radical (unpaired) electrons. The molecule has 0 aromatic heterocycles. The molecule has 14 heavy (non-hydrogen) atoms. The fourth-order valence-electron chi connectivity index (χ4n) is 2.34. The van der Waals surface area contributed by atoms with Crippen molar-refractivity contribution in [2.45, 2.75) is 64.5 Å². The van der Waals surface area contributed by atoms with Gasteiger partial charge in [0.15, 0.2) is 0 Å². The average Bonchev–Trinajstić information content (AvgIpc) is 2.15. The Morgan fingerprint density at radius 3 is 2.43 bits per heavy atom. The van der Waals surface area contributed by atoms with E-state index in [1.54, 1.807) is 0 Å². The summed E-state index contributed by atoms with van der Waals surface area (Å²) in [6, 6.07) is 0.750. The van der Waals surface area contributed by atoms with Crippen LogP contribution in [0.2, 0.25) is 0 Å². The minimum Gasteiger partial charge on any atom is -0.393 e. The van der Waals surface area contributed by atoms with E-state index in [1.165, 1.54) is 32.1 Å². The minimum atomic E-state index is -0.154. The molecule has 0 aromatic rings. The number of aliphatic hydroxyl groups is 1. The lowest BCUT2D eigenvalue weighted by Crippen LogP contribution is -2.34. The summed E-state index contributed by atoms with van der Waals surface area (Å²) in [6.07, 6.45) is 7.66. The predicted molar refractivity (Wildman–Crippen MR) is 60.3 cm³/mol. The van der Waals surface area contributed by atoms with Crippen molar-refractivity contribution in [3.63, 3.8) is 0 Å². The van der Waals surface area contributed by atoms with Crippen molar-refractivity contribution in [2.75, 3.05) is 6.54 Å². The first-order valence-corrected chi connectivity index (χ1v) is 6.10. The lowest BCUT2D eigenvalue weighted by Gasteiger charge is -2.25. The van der Waals surface area contributed by atoms with Crippen LogP contribution in [0.25, 0.3) is 0 Å². The Labute approximate surface area is 88.1 Å². The van der Waals surface area contributed by atoms with Crippen molar-refractivity contribution in [2.24, 2.45) is 5.92 Å². The third-order valence-electron chi connectivity index (χ3n) is 3.10. The third-order valence-corrected chi connectivity index (χ3v) is 3.10. The minimum absolute atomic E-state index is 0.154. The smallest absolute Gasteiger partial charge is 0.0515 e. The van der Waals surface area contributed by atoms with E-state index >= 15 is 0 Å². The number of hydrogen-bond acceptors (Lipinski definition) is 2. The molecule has 1 aliphatic carbocycles. The number of rotatable bonds is 5. The van der Waals surface area contributed by atoms with E-state index in [2.05, 4.69) is 12.2 Å². The maximum absolute atomic E-state index is 9.23. The van der Waals surface area contributed by atoms with Crippen LogP contribution in [0, 0.1) is 5.92 Å². The van der Waals surface area contributed by atoms with E-state index in [9.17, 15) is 5.11 Å². The van der Waals surface area contributed by atoms with Crippen LogP contribution in [-0.4, -0.2) is 23.8 Å². The van der Waals surface area contributed by atoms with Gasteiger partial charge in [-0.15, -0.1) is 0 Å². The molecule has 2 atom stereocenters. The van der Waals surface area contributed by atoms with Gasteiger partial charge < -0.3 is 10.4 Å². The van der Waals surface area contributed by atoms with Gasteiger partial charge in [0.05, 0.1) is 6.10 Å². The van der Waals surface area contributed by atoms with Gasteiger partial charge in [-0.1, -0.05) is 26.2 Å². The maximum Gasteiger partial charge on any atom is 0.0515 e. The Bertz CT molecular complexity index is 141. The zero-order valence-electron chi connectivity index (χ0n) is 9.63. The van der Waals surface area contributed by atoms with Crippen molar-refractivity contribution >= 4 is 0 Å². The second kappa shape index (κ2) is 6.41. The van der Waals surface area contributed by atoms with Gasteiger partial charge in [-0.05, 0) is 38.6 Å². The fraction of sp³-hybridized carbons (Fsp3) is 1.00. The first kappa shape index (κ1) is 12.0. The fourth-order valence-corrected chi connectivity index (χ4v) is 2.34. The van der Waals surface area contributed by atoms with Crippen LogP contribution in [0.15, 0.2) is 0 Å². The zero-order chi connectivity index (χ0) is 10.4. The Morgan fingerprint density at radius 1 is 1.21 bits per heavy atom. The topological polar surface area (TPSA) is 32.3 Å². The summed E-state index contributed by atoms with van der Waals surface area (Å²) >= 11 is 0. The molecule has 0 amide bonds. The monoisotopic (exact) mass is 199 g/mol. The molecule has 1 rings (SSSR count). The van der Waals surface area contributed by atoms with Crippen LogP contribution >= 0.6 is 0 Å². The Balaban J connectivity index is 2.06. The molecule has 1 aliphatic rings. The first-order valence-electron chi connectivity index (χ1n) is 6.10. The molecular weight excluding hydrogens is 174 g/mol. The SMILES string of the molecule is CC(O)CC(C)CNC1CCCCC1. The van der Waals surface area contributed by atoms with Gasteiger partial charge in [-0.25, -0.2) is 0 Å². The summed E-state index contributed by atoms with van der Waals surface area (Å²) in [6.45, 7) is 5.15. The van der Waals surface area contributed by atoms with E-state index in [-0.39, 0.29) is 6.10 Å². The van der Waals surface area contributed by atoms with Crippen LogP contribution in [0.3, 0.4) is 0 Å².